The molecule has 0 bridgehead atoms. The molecular formula is C20H30N2O3. The Bertz CT molecular complexity index is 753. The van der Waals surface area contributed by atoms with E-state index in [1.54, 1.807) is 7.05 Å². The Morgan fingerprint density at radius 3 is 2.60 bits per heavy atom. The molecule has 0 fully saturated rings. The quantitative estimate of drug-likeness (QED) is 0.625. The van der Waals surface area contributed by atoms with Crippen molar-refractivity contribution in [2.24, 2.45) is 7.05 Å². The maximum atomic E-state index is 12.3. The minimum atomic E-state index is -0.429. The van der Waals surface area contributed by atoms with Gasteiger partial charge >= 0.3 is 0 Å². The monoisotopic (exact) mass is 346 g/mol. The lowest BCUT2D eigenvalue weighted by Crippen LogP contribution is -2.18. The highest BCUT2D eigenvalue weighted by atomic mass is 16.5. The largest absolute Gasteiger partial charge is 0.500 e. The van der Waals surface area contributed by atoms with Crippen molar-refractivity contribution in [3.8, 4) is 11.5 Å². The normalized spacial score (nSPS) is 11.0. The number of nitrogens with zero attached hydrogens (tertiary/aromatic N) is 1. The summed E-state index contributed by atoms with van der Waals surface area (Å²) in [5, 5.41) is 14.4. The Morgan fingerprint density at radius 1 is 1.12 bits per heavy atom. The molecule has 25 heavy (non-hydrogen) atoms. The SMILES string of the molecule is CCCCCCOc1c(O)c(=O)n(C)c2cc(NCCCC)ccc12. The average molecular weight is 346 g/mol. The number of aromatic nitrogens is 1. The fourth-order valence-electron chi connectivity index (χ4n) is 2.86. The van der Waals surface area contributed by atoms with Crippen LogP contribution in [0.25, 0.3) is 10.9 Å². The number of pyridine rings is 1. The molecule has 138 valence electrons. The van der Waals surface area contributed by atoms with Gasteiger partial charge in [-0.15, -0.1) is 0 Å². The van der Waals surface area contributed by atoms with E-state index in [9.17, 15) is 9.90 Å². The number of fused-ring (bicyclic) bond motifs is 1. The summed E-state index contributed by atoms with van der Waals surface area (Å²) in [6.07, 6.45) is 6.56. The number of hydrogen-bond acceptors (Lipinski definition) is 4. The molecule has 2 rings (SSSR count). The molecule has 0 saturated heterocycles. The number of nitrogens with one attached hydrogen (secondary N) is 1. The van der Waals surface area contributed by atoms with E-state index in [4.69, 9.17) is 4.74 Å². The first-order chi connectivity index (χ1) is 12.1. The lowest BCUT2D eigenvalue weighted by atomic mass is 10.1. The number of aromatic hydroxyl groups is 1. The Balaban J connectivity index is 2.29. The van der Waals surface area contributed by atoms with Crippen molar-refractivity contribution in [1.82, 2.24) is 4.57 Å². The number of anilines is 1. The van der Waals surface area contributed by atoms with Gasteiger partial charge in [-0.25, -0.2) is 0 Å². The number of ether oxygens (including phenoxy) is 1. The van der Waals surface area contributed by atoms with Gasteiger partial charge < -0.3 is 19.7 Å². The zero-order chi connectivity index (χ0) is 18.2. The second kappa shape index (κ2) is 9.35. The van der Waals surface area contributed by atoms with E-state index in [-0.39, 0.29) is 5.75 Å². The summed E-state index contributed by atoms with van der Waals surface area (Å²) in [6.45, 7) is 5.72. The van der Waals surface area contributed by atoms with Crippen molar-refractivity contribution in [2.75, 3.05) is 18.5 Å². The van der Waals surface area contributed by atoms with E-state index in [2.05, 4.69) is 19.2 Å². The predicted octanol–water partition coefficient (Wildman–Crippen LogP) is 4.42. The maximum Gasteiger partial charge on any atom is 0.296 e. The molecule has 0 saturated carbocycles. The molecule has 5 nitrogen and oxygen atoms in total. The van der Waals surface area contributed by atoms with Crippen molar-refractivity contribution in [1.29, 1.82) is 0 Å². The number of aryl methyl sites for hydroxylation is 1. The number of unbranched alkanes of at least 4 members (excludes halogenated alkanes) is 4. The highest BCUT2D eigenvalue weighted by Crippen LogP contribution is 2.33. The fraction of sp³-hybridized carbons (Fsp3) is 0.550. The third-order valence-electron chi connectivity index (χ3n) is 4.43. The van der Waals surface area contributed by atoms with Gasteiger partial charge in [0, 0.05) is 24.7 Å². The van der Waals surface area contributed by atoms with Crippen LogP contribution in [0.4, 0.5) is 5.69 Å². The summed E-state index contributed by atoms with van der Waals surface area (Å²) in [4.78, 5) is 12.3. The van der Waals surface area contributed by atoms with Crippen molar-refractivity contribution in [3.05, 3.63) is 28.6 Å². The molecule has 2 N–H and O–H groups in total. The van der Waals surface area contributed by atoms with E-state index >= 15 is 0 Å². The lowest BCUT2D eigenvalue weighted by Gasteiger charge is -2.15. The van der Waals surface area contributed by atoms with Gasteiger partial charge in [-0.05, 0) is 31.0 Å². The lowest BCUT2D eigenvalue weighted by molar-refractivity contribution is 0.291. The summed E-state index contributed by atoms with van der Waals surface area (Å²) in [5.74, 6) is -0.00751. The molecule has 1 aromatic heterocycles. The Morgan fingerprint density at radius 2 is 1.88 bits per heavy atom. The molecular weight excluding hydrogens is 316 g/mol. The van der Waals surface area contributed by atoms with Crippen LogP contribution in [0.5, 0.6) is 11.5 Å². The van der Waals surface area contributed by atoms with E-state index < -0.39 is 5.56 Å². The molecule has 0 atom stereocenters. The standard InChI is InChI=1S/C20H30N2O3/c1-4-6-8-9-13-25-19-16-11-10-15(21-12-7-5-2)14-17(16)22(3)20(24)18(19)23/h10-11,14,21,23H,4-9,12-13H2,1-3H3. The summed E-state index contributed by atoms with van der Waals surface area (Å²) in [7, 11) is 1.67. The van der Waals surface area contributed by atoms with E-state index in [0.29, 0.717) is 12.4 Å². The molecule has 0 aliphatic rings. The third kappa shape index (κ3) is 4.68. The van der Waals surface area contributed by atoms with Crippen LogP contribution in [0.2, 0.25) is 0 Å². The molecule has 2 aromatic rings. The Kier molecular flexibility index (Phi) is 7.16. The minimum Gasteiger partial charge on any atom is -0.500 e. The van der Waals surface area contributed by atoms with Crippen molar-refractivity contribution < 1.29 is 9.84 Å². The van der Waals surface area contributed by atoms with Crippen LogP contribution in [0.15, 0.2) is 23.0 Å². The van der Waals surface area contributed by atoms with Gasteiger partial charge in [0.05, 0.1) is 12.1 Å². The molecule has 0 radical (unpaired) electrons. The van der Waals surface area contributed by atoms with Crippen molar-refractivity contribution >= 4 is 16.6 Å². The maximum absolute atomic E-state index is 12.3. The molecule has 0 spiro atoms. The number of hydrogen-bond donors (Lipinski definition) is 2. The third-order valence-corrected chi connectivity index (χ3v) is 4.43. The summed E-state index contributed by atoms with van der Waals surface area (Å²) in [6, 6.07) is 5.81. The van der Waals surface area contributed by atoms with Crippen LogP contribution in [-0.2, 0) is 7.05 Å². The number of rotatable bonds is 10. The second-order valence-electron chi connectivity index (χ2n) is 6.46. The van der Waals surface area contributed by atoms with Crippen LogP contribution in [0, 0.1) is 0 Å². The van der Waals surface area contributed by atoms with E-state index in [0.717, 1.165) is 55.2 Å². The van der Waals surface area contributed by atoms with Crippen LogP contribution in [0.1, 0.15) is 52.4 Å². The molecule has 5 heteroatoms. The molecule has 0 aliphatic carbocycles. The van der Waals surface area contributed by atoms with Crippen LogP contribution >= 0.6 is 0 Å². The number of benzene rings is 1. The van der Waals surface area contributed by atoms with Crippen LogP contribution in [-0.4, -0.2) is 22.8 Å². The summed E-state index contributed by atoms with van der Waals surface area (Å²) >= 11 is 0. The first kappa shape index (κ1) is 19.2. The van der Waals surface area contributed by atoms with Gasteiger partial charge in [-0.3, -0.25) is 4.79 Å². The topological polar surface area (TPSA) is 63.5 Å². The van der Waals surface area contributed by atoms with Crippen molar-refractivity contribution in [3.63, 3.8) is 0 Å². The van der Waals surface area contributed by atoms with Gasteiger partial charge in [0.15, 0.2) is 5.75 Å². The highest BCUT2D eigenvalue weighted by Gasteiger charge is 2.16. The Labute approximate surface area is 149 Å². The van der Waals surface area contributed by atoms with E-state index in [1.807, 2.05) is 18.2 Å². The van der Waals surface area contributed by atoms with Crippen LogP contribution < -0.4 is 15.6 Å². The summed E-state index contributed by atoms with van der Waals surface area (Å²) in [5.41, 5.74) is 1.30. The summed E-state index contributed by atoms with van der Waals surface area (Å²) < 4.78 is 7.26. The fourth-order valence-corrected chi connectivity index (χ4v) is 2.86. The van der Waals surface area contributed by atoms with E-state index in [1.165, 1.54) is 11.0 Å². The van der Waals surface area contributed by atoms with Gasteiger partial charge in [-0.1, -0.05) is 39.5 Å². The minimum absolute atomic E-state index is 0.301. The first-order valence-corrected chi connectivity index (χ1v) is 9.32. The van der Waals surface area contributed by atoms with Gasteiger partial charge in [0.2, 0.25) is 5.75 Å². The van der Waals surface area contributed by atoms with Crippen molar-refractivity contribution in [2.45, 2.75) is 52.4 Å². The molecule has 0 amide bonds. The Hall–Kier alpha value is -2.17. The first-order valence-electron chi connectivity index (χ1n) is 9.32. The second-order valence-corrected chi connectivity index (χ2v) is 6.46. The average Bonchev–Trinajstić information content (AvgIpc) is 2.62. The smallest absolute Gasteiger partial charge is 0.296 e. The highest BCUT2D eigenvalue weighted by molar-refractivity contribution is 5.90. The molecule has 0 aliphatic heterocycles. The van der Waals surface area contributed by atoms with Gasteiger partial charge in [-0.2, -0.15) is 0 Å². The zero-order valence-corrected chi connectivity index (χ0v) is 15.6. The molecule has 0 unspecified atom stereocenters. The van der Waals surface area contributed by atoms with Crippen LogP contribution in [0.3, 0.4) is 0 Å². The molecule has 1 heterocycles. The zero-order valence-electron chi connectivity index (χ0n) is 15.6. The molecule has 1 aromatic carbocycles. The predicted molar refractivity (Wildman–Crippen MR) is 104 cm³/mol. The van der Waals surface area contributed by atoms with Gasteiger partial charge in [0.25, 0.3) is 5.56 Å². The van der Waals surface area contributed by atoms with Gasteiger partial charge in [0.1, 0.15) is 0 Å².